The molecule has 1 atom stereocenters. The molecule has 0 aromatic heterocycles. The van der Waals surface area contributed by atoms with Crippen LogP contribution in [0, 0.1) is 0 Å². The lowest BCUT2D eigenvalue weighted by Gasteiger charge is -2.11. The second kappa shape index (κ2) is 6.90. The highest BCUT2D eigenvalue weighted by atomic mass is 32.2. The Kier molecular flexibility index (Phi) is 5.51. The predicted octanol–water partition coefficient (Wildman–Crippen LogP) is 1.84. The molecule has 1 amide bonds. The van der Waals surface area contributed by atoms with Crippen LogP contribution in [0.5, 0.6) is 5.75 Å². The van der Waals surface area contributed by atoms with Gasteiger partial charge in [0.2, 0.25) is 5.91 Å². The summed E-state index contributed by atoms with van der Waals surface area (Å²) in [5, 5.41) is 10.8. The van der Waals surface area contributed by atoms with E-state index >= 15 is 0 Å². The summed E-state index contributed by atoms with van der Waals surface area (Å²) in [4.78, 5) is 22.1. The van der Waals surface area contributed by atoms with Gasteiger partial charge in [0.25, 0.3) is 0 Å². The number of carbonyl (C=O) groups is 2. The van der Waals surface area contributed by atoms with Crippen molar-refractivity contribution in [1.29, 1.82) is 0 Å². The molecule has 1 unspecified atom stereocenters. The van der Waals surface area contributed by atoms with Crippen LogP contribution < -0.4 is 10.1 Å². The van der Waals surface area contributed by atoms with Crippen molar-refractivity contribution in [1.82, 2.24) is 0 Å². The van der Waals surface area contributed by atoms with Crippen LogP contribution in [-0.4, -0.2) is 35.1 Å². The number of nitrogens with one attached hydrogen (secondary N) is 1. The maximum Gasteiger partial charge on any atom is 0.313 e. The number of hydrogen-bond acceptors (Lipinski definition) is 4. The van der Waals surface area contributed by atoms with E-state index in [1.165, 1.54) is 0 Å². The Balaban J connectivity index is 2.49. The van der Waals surface area contributed by atoms with Crippen LogP contribution in [-0.2, 0) is 9.59 Å². The van der Waals surface area contributed by atoms with Crippen molar-refractivity contribution in [3.63, 3.8) is 0 Å². The van der Waals surface area contributed by atoms with Crippen LogP contribution >= 0.6 is 11.8 Å². The fourth-order valence-corrected chi connectivity index (χ4v) is 1.79. The lowest BCUT2D eigenvalue weighted by molar-refractivity contribution is -0.133. The highest BCUT2D eigenvalue weighted by Gasteiger charge is 2.14. The number of rotatable bonds is 6. The van der Waals surface area contributed by atoms with E-state index in [-0.39, 0.29) is 11.7 Å². The van der Waals surface area contributed by atoms with Gasteiger partial charge in [0.1, 0.15) is 5.75 Å². The number of carbonyl (C=O) groups excluding carboxylic acids is 1. The van der Waals surface area contributed by atoms with Crippen LogP contribution in [0.25, 0.3) is 0 Å². The van der Waals surface area contributed by atoms with E-state index in [9.17, 15) is 9.59 Å². The van der Waals surface area contributed by atoms with Gasteiger partial charge < -0.3 is 15.2 Å². The van der Waals surface area contributed by atoms with Crippen molar-refractivity contribution < 1.29 is 19.4 Å². The average Bonchev–Trinajstić information content (AvgIpc) is 2.36. The minimum absolute atomic E-state index is 0.0861. The van der Waals surface area contributed by atoms with Crippen molar-refractivity contribution in [2.45, 2.75) is 12.2 Å². The highest BCUT2D eigenvalue weighted by Crippen LogP contribution is 2.17. The maximum atomic E-state index is 11.7. The number of amides is 1. The molecule has 0 heterocycles. The molecule has 0 spiro atoms. The molecule has 2 N–H and O–H groups in total. The third-order valence-electron chi connectivity index (χ3n) is 2.18. The first kappa shape index (κ1) is 14.4. The van der Waals surface area contributed by atoms with Gasteiger partial charge in [-0.15, -0.1) is 11.8 Å². The number of anilines is 1. The standard InChI is InChI=1S/C12H15NO4S/c1-8(18-7-11(14)15)12(16)13-9-3-5-10(17-2)6-4-9/h3-6,8H,7H2,1-2H3,(H,13,16)(H,14,15). The van der Waals surface area contributed by atoms with Crippen molar-refractivity contribution in [3.8, 4) is 5.75 Å². The van der Waals surface area contributed by atoms with Gasteiger partial charge in [0.05, 0.1) is 18.1 Å². The molecule has 0 aliphatic rings. The first-order valence-corrected chi connectivity index (χ1v) is 6.36. The van der Waals surface area contributed by atoms with Crippen LogP contribution in [0.3, 0.4) is 0 Å². The second-order valence-electron chi connectivity index (χ2n) is 3.56. The second-order valence-corrected chi connectivity index (χ2v) is 4.89. The summed E-state index contributed by atoms with van der Waals surface area (Å²) >= 11 is 1.08. The van der Waals surface area contributed by atoms with Gasteiger partial charge in [-0.3, -0.25) is 9.59 Å². The Morgan fingerprint density at radius 3 is 2.50 bits per heavy atom. The zero-order valence-electron chi connectivity index (χ0n) is 10.2. The van der Waals surface area contributed by atoms with Gasteiger partial charge >= 0.3 is 5.97 Å². The quantitative estimate of drug-likeness (QED) is 0.824. The van der Waals surface area contributed by atoms with Crippen molar-refractivity contribution in [2.75, 3.05) is 18.2 Å². The lowest BCUT2D eigenvalue weighted by atomic mass is 10.3. The van der Waals surface area contributed by atoms with E-state index in [1.807, 2.05) is 0 Å². The van der Waals surface area contributed by atoms with E-state index in [1.54, 1.807) is 38.3 Å². The molecule has 18 heavy (non-hydrogen) atoms. The van der Waals surface area contributed by atoms with Crippen molar-refractivity contribution in [3.05, 3.63) is 24.3 Å². The molecule has 1 rings (SSSR count). The first-order valence-electron chi connectivity index (χ1n) is 5.31. The lowest BCUT2D eigenvalue weighted by Crippen LogP contribution is -2.23. The normalized spacial score (nSPS) is 11.7. The molecule has 0 aliphatic carbocycles. The molecular formula is C12H15NO4S. The molecule has 0 aliphatic heterocycles. The SMILES string of the molecule is COc1ccc(NC(=O)C(C)SCC(=O)O)cc1. The number of carboxylic acid groups (broad SMARTS) is 1. The number of ether oxygens (including phenoxy) is 1. The molecular weight excluding hydrogens is 254 g/mol. The highest BCUT2D eigenvalue weighted by molar-refractivity contribution is 8.01. The Hall–Kier alpha value is -1.69. The third kappa shape index (κ3) is 4.67. The van der Waals surface area contributed by atoms with Crippen molar-refractivity contribution in [2.24, 2.45) is 0 Å². The van der Waals surface area contributed by atoms with Gasteiger partial charge in [0, 0.05) is 5.69 Å². The zero-order chi connectivity index (χ0) is 13.5. The largest absolute Gasteiger partial charge is 0.497 e. The van der Waals surface area contributed by atoms with Crippen LogP contribution in [0.2, 0.25) is 0 Å². The monoisotopic (exact) mass is 269 g/mol. The van der Waals surface area contributed by atoms with Gasteiger partial charge in [-0.2, -0.15) is 0 Å². The number of methoxy groups -OCH3 is 1. The molecule has 1 aromatic rings. The predicted molar refractivity (Wildman–Crippen MR) is 71.2 cm³/mol. The summed E-state index contributed by atoms with van der Waals surface area (Å²) in [5.74, 6) is -0.520. The number of aliphatic carboxylic acids is 1. The van der Waals surface area contributed by atoms with Gasteiger partial charge in [0.15, 0.2) is 0 Å². The van der Waals surface area contributed by atoms with Crippen LogP contribution in [0.15, 0.2) is 24.3 Å². The summed E-state index contributed by atoms with van der Waals surface area (Å²) in [6.45, 7) is 1.67. The zero-order valence-corrected chi connectivity index (χ0v) is 11.0. The van der Waals surface area contributed by atoms with Crippen molar-refractivity contribution >= 4 is 29.3 Å². The van der Waals surface area contributed by atoms with E-state index in [0.29, 0.717) is 11.4 Å². The molecule has 0 radical (unpaired) electrons. The summed E-state index contributed by atoms with van der Waals surface area (Å²) in [7, 11) is 1.57. The summed E-state index contributed by atoms with van der Waals surface area (Å²) < 4.78 is 5.00. The molecule has 0 saturated carbocycles. The fourth-order valence-electron chi connectivity index (χ4n) is 1.19. The van der Waals surface area contributed by atoms with Crippen LogP contribution in [0.4, 0.5) is 5.69 Å². The van der Waals surface area contributed by atoms with E-state index in [4.69, 9.17) is 9.84 Å². The minimum Gasteiger partial charge on any atom is -0.497 e. The van der Waals surface area contributed by atoms with E-state index in [0.717, 1.165) is 11.8 Å². The molecule has 1 aromatic carbocycles. The van der Waals surface area contributed by atoms with E-state index in [2.05, 4.69) is 5.32 Å². The minimum atomic E-state index is -0.927. The summed E-state index contributed by atoms with van der Waals surface area (Å²) in [5.41, 5.74) is 0.656. The molecule has 6 heteroatoms. The number of thioether (sulfide) groups is 1. The average molecular weight is 269 g/mol. The fraction of sp³-hybridized carbons (Fsp3) is 0.333. The van der Waals surface area contributed by atoms with Gasteiger partial charge in [-0.05, 0) is 31.2 Å². The number of benzene rings is 1. The molecule has 0 bridgehead atoms. The first-order chi connectivity index (χ1) is 8.52. The number of hydrogen-bond donors (Lipinski definition) is 2. The molecule has 0 fully saturated rings. The Bertz CT molecular complexity index is 419. The Morgan fingerprint density at radius 1 is 1.39 bits per heavy atom. The topological polar surface area (TPSA) is 75.6 Å². The molecule has 0 saturated heterocycles. The molecule has 5 nitrogen and oxygen atoms in total. The van der Waals surface area contributed by atoms with Crippen LogP contribution in [0.1, 0.15) is 6.92 Å². The summed E-state index contributed by atoms with van der Waals surface area (Å²) in [6, 6.07) is 6.94. The van der Waals surface area contributed by atoms with Gasteiger partial charge in [-0.25, -0.2) is 0 Å². The Labute approximate surface area is 110 Å². The Morgan fingerprint density at radius 2 is 2.00 bits per heavy atom. The number of carboxylic acids is 1. The third-order valence-corrected chi connectivity index (χ3v) is 3.31. The molecule has 98 valence electrons. The summed E-state index contributed by atoms with van der Waals surface area (Å²) in [6.07, 6.45) is 0. The van der Waals surface area contributed by atoms with Gasteiger partial charge in [-0.1, -0.05) is 0 Å². The maximum absolute atomic E-state index is 11.7. The smallest absolute Gasteiger partial charge is 0.313 e. The van der Waals surface area contributed by atoms with E-state index < -0.39 is 11.2 Å².